The van der Waals surface area contributed by atoms with Crippen molar-refractivity contribution < 1.29 is 19.4 Å². The molecule has 0 amide bonds. The third-order valence-corrected chi connectivity index (χ3v) is 6.34. The Morgan fingerprint density at radius 1 is 1.07 bits per heavy atom. The monoisotopic (exact) mass is 428 g/mol. The summed E-state index contributed by atoms with van der Waals surface area (Å²) in [6.07, 6.45) is 2.78. The Hall–Kier alpha value is -2.27. The van der Waals surface area contributed by atoms with Gasteiger partial charge in [0.25, 0.3) is 0 Å². The van der Waals surface area contributed by atoms with Crippen LogP contribution in [0.5, 0.6) is 5.75 Å². The topological polar surface area (TPSA) is 63.6 Å². The van der Waals surface area contributed by atoms with Crippen LogP contribution in [0, 0.1) is 25.7 Å². The molecule has 5 heteroatoms. The number of carbonyl (C=O) groups is 2. The van der Waals surface area contributed by atoms with Crippen molar-refractivity contribution in [2.24, 2.45) is 11.8 Å². The first-order valence-corrected chi connectivity index (χ1v) is 11.4. The van der Waals surface area contributed by atoms with Crippen molar-refractivity contribution in [1.82, 2.24) is 0 Å². The average Bonchev–Trinajstić information content (AvgIpc) is 2.69. The largest absolute Gasteiger partial charge is 0.478 e. The Morgan fingerprint density at radius 3 is 2.07 bits per heavy atom. The number of benzene rings is 2. The van der Waals surface area contributed by atoms with Crippen molar-refractivity contribution in [1.29, 1.82) is 0 Å². The zero-order valence-electron chi connectivity index (χ0n) is 18.9. The minimum absolute atomic E-state index is 0.104. The van der Waals surface area contributed by atoms with Crippen molar-refractivity contribution in [2.75, 3.05) is 6.26 Å². The lowest BCUT2D eigenvalue weighted by Gasteiger charge is -2.25. The molecule has 0 spiro atoms. The summed E-state index contributed by atoms with van der Waals surface area (Å²) in [5, 5.41) is 9.34. The molecule has 30 heavy (non-hydrogen) atoms. The molecular weight excluding hydrogens is 396 g/mol. The fourth-order valence-electron chi connectivity index (χ4n) is 3.44. The predicted molar refractivity (Wildman–Crippen MR) is 123 cm³/mol. The van der Waals surface area contributed by atoms with E-state index in [9.17, 15) is 14.7 Å². The third kappa shape index (κ3) is 5.66. The number of hydrogen-bond acceptors (Lipinski definition) is 4. The Balaban J connectivity index is 2.14. The fourth-order valence-corrected chi connectivity index (χ4v) is 3.85. The molecule has 0 unspecified atom stereocenters. The van der Waals surface area contributed by atoms with E-state index in [0.29, 0.717) is 5.75 Å². The molecule has 2 rings (SSSR count). The summed E-state index contributed by atoms with van der Waals surface area (Å²) in [6.45, 7) is 11.0. The Labute approximate surface area is 184 Å². The van der Waals surface area contributed by atoms with Gasteiger partial charge in [-0.15, -0.1) is 11.8 Å². The minimum atomic E-state index is -1.29. The van der Waals surface area contributed by atoms with Crippen LogP contribution in [0.1, 0.15) is 54.7 Å². The second-order valence-electron chi connectivity index (χ2n) is 8.54. The van der Waals surface area contributed by atoms with Crippen molar-refractivity contribution in [2.45, 2.75) is 58.5 Å². The molecule has 0 bridgehead atoms. The first kappa shape index (κ1) is 24.0. The van der Waals surface area contributed by atoms with Crippen LogP contribution in [0.4, 0.5) is 0 Å². The lowest BCUT2D eigenvalue weighted by Crippen LogP contribution is -2.38. The second kappa shape index (κ2) is 9.69. The van der Waals surface area contributed by atoms with Gasteiger partial charge in [-0.25, -0.2) is 4.79 Å². The zero-order valence-corrected chi connectivity index (χ0v) is 19.7. The highest BCUT2D eigenvalue weighted by atomic mass is 32.2. The number of carbonyl (C=O) groups excluding carboxylic acids is 1. The van der Waals surface area contributed by atoms with Gasteiger partial charge in [-0.1, -0.05) is 38.1 Å². The number of ether oxygens (including phenoxy) is 1. The van der Waals surface area contributed by atoms with Crippen LogP contribution in [0.15, 0.2) is 41.3 Å². The molecule has 0 aromatic heterocycles. The van der Waals surface area contributed by atoms with E-state index in [2.05, 4.69) is 6.92 Å². The van der Waals surface area contributed by atoms with Crippen LogP contribution in [0.2, 0.25) is 0 Å². The van der Waals surface area contributed by atoms with E-state index in [1.54, 1.807) is 25.6 Å². The normalized spacial score (nSPS) is 13.6. The molecule has 162 valence electrons. The van der Waals surface area contributed by atoms with Crippen LogP contribution in [0.25, 0.3) is 0 Å². The molecule has 0 saturated heterocycles. The van der Waals surface area contributed by atoms with Gasteiger partial charge < -0.3 is 9.84 Å². The lowest BCUT2D eigenvalue weighted by molar-refractivity contribution is -0.152. The van der Waals surface area contributed by atoms with Gasteiger partial charge >= 0.3 is 5.97 Å². The highest BCUT2D eigenvalue weighted by Gasteiger charge is 2.30. The molecular formula is C25H32O4S. The van der Waals surface area contributed by atoms with E-state index in [0.717, 1.165) is 33.6 Å². The molecule has 0 radical (unpaired) electrons. The highest BCUT2D eigenvalue weighted by Crippen LogP contribution is 2.31. The Bertz CT molecular complexity index is 892. The molecule has 4 nitrogen and oxygen atoms in total. The van der Waals surface area contributed by atoms with E-state index >= 15 is 0 Å². The zero-order chi connectivity index (χ0) is 22.6. The second-order valence-corrected chi connectivity index (χ2v) is 9.42. The molecule has 0 heterocycles. The highest BCUT2D eigenvalue weighted by molar-refractivity contribution is 7.98. The van der Waals surface area contributed by atoms with Gasteiger partial charge in [0, 0.05) is 16.4 Å². The fraction of sp³-hybridized carbons (Fsp3) is 0.440. The van der Waals surface area contributed by atoms with E-state index in [1.165, 1.54) is 0 Å². The number of aryl methyl sites for hydroxylation is 2. The summed E-state index contributed by atoms with van der Waals surface area (Å²) in [4.78, 5) is 25.4. The quantitative estimate of drug-likeness (QED) is 0.394. The maximum atomic E-state index is 12.9. The standard InChI is InChI=1S/C25H32O4S/c1-15(18(4)22(26)20-8-10-21(30-7)11-9-20)12-19-13-16(2)23(17(3)14-19)29-25(5,6)24(27)28/h8-11,13-15,18H,12H2,1-7H3,(H,27,28)/t15-,18+/m0/s1. The third-order valence-electron chi connectivity index (χ3n) is 5.59. The summed E-state index contributed by atoms with van der Waals surface area (Å²) in [7, 11) is 0. The lowest BCUT2D eigenvalue weighted by atomic mass is 9.84. The van der Waals surface area contributed by atoms with E-state index in [1.807, 2.05) is 63.4 Å². The van der Waals surface area contributed by atoms with E-state index in [-0.39, 0.29) is 17.6 Å². The average molecular weight is 429 g/mol. The van der Waals surface area contributed by atoms with E-state index in [4.69, 9.17) is 4.74 Å². The minimum Gasteiger partial charge on any atom is -0.478 e. The van der Waals surface area contributed by atoms with Crippen molar-refractivity contribution in [3.63, 3.8) is 0 Å². The van der Waals surface area contributed by atoms with Crippen LogP contribution in [0.3, 0.4) is 0 Å². The van der Waals surface area contributed by atoms with Gasteiger partial charge in [-0.05, 0) is 75.1 Å². The first-order valence-electron chi connectivity index (χ1n) is 10.2. The van der Waals surface area contributed by atoms with Crippen LogP contribution < -0.4 is 4.74 Å². The predicted octanol–water partition coefficient (Wildman–Crippen LogP) is 5.96. The smallest absolute Gasteiger partial charge is 0.347 e. The summed E-state index contributed by atoms with van der Waals surface area (Å²) >= 11 is 1.66. The summed E-state index contributed by atoms with van der Waals surface area (Å²) in [5.74, 6) is -0.174. The van der Waals surface area contributed by atoms with Crippen molar-refractivity contribution >= 4 is 23.5 Å². The number of ketones is 1. The molecule has 2 atom stereocenters. The van der Waals surface area contributed by atoms with Crippen LogP contribution in [-0.4, -0.2) is 28.7 Å². The number of rotatable bonds is 9. The maximum Gasteiger partial charge on any atom is 0.347 e. The van der Waals surface area contributed by atoms with Gasteiger partial charge in [0.15, 0.2) is 11.4 Å². The van der Waals surface area contributed by atoms with Crippen molar-refractivity contribution in [3.05, 3.63) is 58.7 Å². The summed E-state index contributed by atoms with van der Waals surface area (Å²) in [6, 6.07) is 11.8. The number of Topliss-reactive ketones (excluding diaryl/α,β-unsaturated/α-hetero) is 1. The number of carboxylic acid groups (broad SMARTS) is 1. The SMILES string of the molecule is CSc1ccc(C(=O)[C@H](C)[C@@H](C)Cc2cc(C)c(OC(C)(C)C(=O)O)c(C)c2)cc1. The van der Waals surface area contributed by atoms with Crippen molar-refractivity contribution in [3.8, 4) is 5.75 Å². The van der Waals surface area contributed by atoms with E-state index < -0.39 is 11.6 Å². The molecule has 2 aromatic rings. The molecule has 1 N–H and O–H groups in total. The molecule has 2 aromatic carbocycles. The van der Waals surface area contributed by atoms with Gasteiger partial charge in [0.2, 0.25) is 0 Å². The van der Waals surface area contributed by atoms with Gasteiger partial charge in [-0.3, -0.25) is 4.79 Å². The molecule has 0 saturated carbocycles. The number of aliphatic carboxylic acids is 1. The summed E-state index contributed by atoms with van der Waals surface area (Å²) < 4.78 is 5.79. The molecule has 0 aliphatic rings. The van der Waals surface area contributed by atoms with Crippen LogP contribution >= 0.6 is 11.8 Å². The molecule has 0 fully saturated rings. The number of carboxylic acids is 1. The number of hydrogen-bond donors (Lipinski definition) is 1. The van der Waals surface area contributed by atoms with Gasteiger partial charge in [0.1, 0.15) is 5.75 Å². The van der Waals surface area contributed by atoms with Crippen LogP contribution in [-0.2, 0) is 11.2 Å². The van der Waals surface area contributed by atoms with Gasteiger partial charge in [0.05, 0.1) is 0 Å². The number of thioether (sulfide) groups is 1. The van der Waals surface area contributed by atoms with Gasteiger partial charge in [-0.2, -0.15) is 0 Å². The maximum absolute atomic E-state index is 12.9. The molecule has 0 aliphatic heterocycles. The summed E-state index contributed by atoms with van der Waals surface area (Å²) in [5.41, 5.74) is 2.38. The Kier molecular flexibility index (Phi) is 7.75. The molecule has 0 aliphatic carbocycles. The first-order chi connectivity index (χ1) is 14.0. The Morgan fingerprint density at radius 2 is 1.60 bits per heavy atom.